The van der Waals surface area contributed by atoms with Gasteiger partial charge in [-0.2, -0.15) is 0 Å². The molecule has 0 aliphatic heterocycles. The predicted molar refractivity (Wildman–Crippen MR) is 91.7 cm³/mol. The standard InChI is InChI=1S/C16H15ClN6/c1-9-7-20-16(18)22-13(9)11-5-3-4-6-12(11)21-14-10(2)8-19-15(17)23-14/h3-8H,1-2H3,(H2,18,20,22)(H,19,21,23). The third-order valence-electron chi connectivity index (χ3n) is 3.37. The number of benzene rings is 1. The summed E-state index contributed by atoms with van der Waals surface area (Å²) in [6.45, 7) is 3.85. The van der Waals surface area contributed by atoms with Gasteiger partial charge >= 0.3 is 0 Å². The second-order valence-electron chi connectivity index (χ2n) is 5.10. The number of aromatic nitrogens is 4. The van der Waals surface area contributed by atoms with Gasteiger partial charge in [0.05, 0.1) is 5.69 Å². The molecule has 3 rings (SSSR count). The van der Waals surface area contributed by atoms with Gasteiger partial charge in [0.2, 0.25) is 11.2 Å². The highest BCUT2D eigenvalue weighted by Crippen LogP contribution is 2.31. The van der Waals surface area contributed by atoms with E-state index in [9.17, 15) is 0 Å². The maximum atomic E-state index is 5.89. The Balaban J connectivity index is 2.08. The molecule has 2 aromatic heterocycles. The van der Waals surface area contributed by atoms with Gasteiger partial charge in [-0.05, 0) is 37.1 Å². The first-order valence-corrected chi connectivity index (χ1v) is 7.37. The van der Waals surface area contributed by atoms with Crippen LogP contribution in [0.25, 0.3) is 11.3 Å². The summed E-state index contributed by atoms with van der Waals surface area (Å²) < 4.78 is 0. The number of nitrogens with one attached hydrogen (secondary N) is 1. The quantitative estimate of drug-likeness (QED) is 0.716. The van der Waals surface area contributed by atoms with Crippen molar-refractivity contribution < 1.29 is 0 Å². The van der Waals surface area contributed by atoms with E-state index in [0.29, 0.717) is 5.82 Å². The van der Waals surface area contributed by atoms with Crippen molar-refractivity contribution in [1.29, 1.82) is 0 Å². The average molecular weight is 327 g/mol. The summed E-state index contributed by atoms with van der Waals surface area (Å²) in [5.74, 6) is 0.888. The lowest BCUT2D eigenvalue weighted by Gasteiger charge is -2.14. The summed E-state index contributed by atoms with van der Waals surface area (Å²) >= 11 is 5.89. The molecule has 3 N–H and O–H groups in total. The number of hydrogen-bond donors (Lipinski definition) is 2. The molecule has 0 unspecified atom stereocenters. The molecule has 0 aliphatic rings. The van der Waals surface area contributed by atoms with Gasteiger partial charge in [-0.15, -0.1) is 0 Å². The van der Waals surface area contributed by atoms with E-state index in [4.69, 9.17) is 17.3 Å². The smallest absolute Gasteiger partial charge is 0.224 e. The van der Waals surface area contributed by atoms with Crippen LogP contribution in [-0.2, 0) is 0 Å². The first-order chi connectivity index (χ1) is 11.0. The minimum absolute atomic E-state index is 0.193. The topological polar surface area (TPSA) is 89.6 Å². The van der Waals surface area contributed by atoms with Crippen molar-refractivity contribution in [3.05, 3.63) is 53.1 Å². The first kappa shape index (κ1) is 15.2. The number of aryl methyl sites for hydroxylation is 2. The molecule has 0 fully saturated rings. The highest BCUT2D eigenvalue weighted by Gasteiger charge is 2.12. The third kappa shape index (κ3) is 3.22. The zero-order chi connectivity index (χ0) is 16.4. The van der Waals surface area contributed by atoms with Crippen molar-refractivity contribution in [2.45, 2.75) is 13.8 Å². The minimum atomic E-state index is 0.193. The highest BCUT2D eigenvalue weighted by molar-refractivity contribution is 6.28. The van der Waals surface area contributed by atoms with E-state index in [-0.39, 0.29) is 11.2 Å². The Kier molecular flexibility index (Phi) is 4.08. The summed E-state index contributed by atoms with van der Waals surface area (Å²) in [7, 11) is 0. The summed E-state index contributed by atoms with van der Waals surface area (Å²) in [5.41, 5.74) is 10.1. The van der Waals surface area contributed by atoms with Crippen LogP contribution in [-0.4, -0.2) is 19.9 Å². The Labute approximate surface area is 138 Å². The van der Waals surface area contributed by atoms with Crippen molar-refractivity contribution in [3.8, 4) is 11.3 Å². The summed E-state index contributed by atoms with van der Waals surface area (Å²) in [6.07, 6.45) is 3.38. The molecule has 3 aromatic rings. The largest absolute Gasteiger partial charge is 0.368 e. The molecular formula is C16H15ClN6. The fraction of sp³-hybridized carbons (Fsp3) is 0.125. The number of rotatable bonds is 3. The molecular weight excluding hydrogens is 312 g/mol. The number of para-hydroxylation sites is 1. The predicted octanol–water partition coefficient (Wildman–Crippen LogP) is 3.53. The summed E-state index contributed by atoms with van der Waals surface area (Å²) in [5, 5.41) is 3.48. The maximum absolute atomic E-state index is 5.89. The average Bonchev–Trinajstić information content (AvgIpc) is 2.54. The van der Waals surface area contributed by atoms with Gasteiger partial charge in [0.15, 0.2) is 0 Å². The van der Waals surface area contributed by atoms with Crippen molar-refractivity contribution in [2.75, 3.05) is 11.1 Å². The number of anilines is 3. The molecule has 1 aromatic carbocycles. The van der Waals surface area contributed by atoms with Crippen LogP contribution in [0.15, 0.2) is 36.7 Å². The lowest BCUT2D eigenvalue weighted by atomic mass is 10.1. The van der Waals surface area contributed by atoms with Crippen LogP contribution in [0.3, 0.4) is 0 Å². The Hall–Kier alpha value is -2.73. The lowest BCUT2D eigenvalue weighted by molar-refractivity contribution is 1.13. The number of hydrogen-bond acceptors (Lipinski definition) is 6. The molecule has 2 heterocycles. The van der Waals surface area contributed by atoms with E-state index in [1.54, 1.807) is 12.4 Å². The van der Waals surface area contributed by atoms with Gasteiger partial charge in [0.1, 0.15) is 5.82 Å². The van der Waals surface area contributed by atoms with Gasteiger partial charge < -0.3 is 11.1 Å². The molecule has 0 saturated heterocycles. The van der Waals surface area contributed by atoms with E-state index >= 15 is 0 Å². The van der Waals surface area contributed by atoms with E-state index in [0.717, 1.165) is 28.1 Å². The van der Waals surface area contributed by atoms with Crippen LogP contribution < -0.4 is 11.1 Å². The fourth-order valence-electron chi connectivity index (χ4n) is 2.20. The molecule has 0 amide bonds. The summed E-state index contributed by atoms with van der Waals surface area (Å²) in [6, 6.07) is 7.79. The number of nitrogens with two attached hydrogens (primary N) is 1. The highest BCUT2D eigenvalue weighted by atomic mass is 35.5. The van der Waals surface area contributed by atoms with Gasteiger partial charge in [-0.25, -0.2) is 19.9 Å². The molecule has 0 spiro atoms. The number of nitrogen functional groups attached to an aromatic ring is 1. The molecule has 0 bridgehead atoms. The second kappa shape index (κ2) is 6.18. The van der Waals surface area contributed by atoms with E-state index < -0.39 is 0 Å². The zero-order valence-electron chi connectivity index (χ0n) is 12.7. The van der Waals surface area contributed by atoms with Crippen LogP contribution >= 0.6 is 11.6 Å². The van der Waals surface area contributed by atoms with E-state index in [1.807, 2.05) is 38.1 Å². The monoisotopic (exact) mass is 326 g/mol. The molecule has 0 radical (unpaired) electrons. The molecule has 23 heavy (non-hydrogen) atoms. The van der Waals surface area contributed by atoms with Crippen molar-refractivity contribution in [1.82, 2.24) is 19.9 Å². The van der Waals surface area contributed by atoms with Crippen molar-refractivity contribution >= 4 is 29.1 Å². The minimum Gasteiger partial charge on any atom is -0.368 e. The first-order valence-electron chi connectivity index (χ1n) is 6.99. The lowest BCUT2D eigenvalue weighted by Crippen LogP contribution is -2.02. The van der Waals surface area contributed by atoms with E-state index in [2.05, 4.69) is 25.3 Å². The number of halogens is 1. The Morgan fingerprint density at radius 3 is 2.57 bits per heavy atom. The Morgan fingerprint density at radius 1 is 1.00 bits per heavy atom. The van der Waals surface area contributed by atoms with Crippen LogP contribution in [0.5, 0.6) is 0 Å². The van der Waals surface area contributed by atoms with Gasteiger partial charge in [0.25, 0.3) is 0 Å². The van der Waals surface area contributed by atoms with Crippen LogP contribution in [0, 0.1) is 13.8 Å². The summed E-state index contributed by atoms with van der Waals surface area (Å²) in [4.78, 5) is 16.6. The van der Waals surface area contributed by atoms with Gasteiger partial charge in [0, 0.05) is 29.2 Å². The van der Waals surface area contributed by atoms with Crippen molar-refractivity contribution in [3.63, 3.8) is 0 Å². The SMILES string of the molecule is Cc1cnc(Cl)nc1Nc1ccccc1-c1nc(N)ncc1C. The maximum Gasteiger partial charge on any atom is 0.224 e. The number of nitrogens with zero attached hydrogens (tertiary/aromatic N) is 4. The van der Waals surface area contributed by atoms with Gasteiger partial charge in [-0.3, -0.25) is 0 Å². The molecule has 0 saturated carbocycles. The third-order valence-corrected chi connectivity index (χ3v) is 3.55. The van der Waals surface area contributed by atoms with Crippen molar-refractivity contribution in [2.24, 2.45) is 0 Å². The molecule has 6 nitrogen and oxygen atoms in total. The fourth-order valence-corrected chi connectivity index (χ4v) is 2.33. The molecule has 0 atom stereocenters. The molecule has 116 valence electrons. The van der Waals surface area contributed by atoms with Crippen LogP contribution in [0.2, 0.25) is 5.28 Å². The van der Waals surface area contributed by atoms with Crippen LogP contribution in [0.1, 0.15) is 11.1 Å². The normalized spacial score (nSPS) is 10.6. The second-order valence-corrected chi connectivity index (χ2v) is 5.44. The van der Waals surface area contributed by atoms with Gasteiger partial charge in [-0.1, -0.05) is 18.2 Å². The zero-order valence-corrected chi connectivity index (χ0v) is 13.5. The molecule has 0 aliphatic carbocycles. The van der Waals surface area contributed by atoms with Crippen LogP contribution in [0.4, 0.5) is 17.5 Å². The Bertz CT molecular complexity index is 865. The van der Waals surface area contributed by atoms with E-state index in [1.165, 1.54) is 0 Å². The Morgan fingerprint density at radius 2 is 1.74 bits per heavy atom. The molecule has 7 heteroatoms.